The van der Waals surface area contributed by atoms with E-state index in [4.69, 9.17) is 14.2 Å². The second-order valence-electron chi connectivity index (χ2n) is 7.46. The topological polar surface area (TPSA) is 94.2 Å². The van der Waals surface area contributed by atoms with Gasteiger partial charge in [-0.05, 0) is 48.7 Å². The number of aryl methyl sites for hydroxylation is 1. The van der Waals surface area contributed by atoms with Gasteiger partial charge in [-0.25, -0.2) is 8.42 Å². The van der Waals surface area contributed by atoms with Gasteiger partial charge in [-0.15, -0.1) is 0 Å². The van der Waals surface area contributed by atoms with E-state index in [-0.39, 0.29) is 18.5 Å². The van der Waals surface area contributed by atoms with Crippen LogP contribution in [0.25, 0.3) is 0 Å². The number of benzene rings is 2. The Morgan fingerprint density at radius 2 is 1.90 bits per heavy atom. The number of fused-ring (bicyclic) bond motifs is 1. The minimum absolute atomic E-state index is 0.0938. The van der Waals surface area contributed by atoms with Crippen molar-refractivity contribution in [1.82, 2.24) is 5.32 Å². The number of nitrogens with zero attached hydrogens (tertiary/aromatic N) is 1. The van der Waals surface area contributed by atoms with E-state index in [0.717, 1.165) is 17.4 Å². The van der Waals surface area contributed by atoms with Gasteiger partial charge in [0.1, 0.15) is 5.75 Å². The third-order valence-corrected chi connectivity index (χ3v) is 6.36. The van der Waals surface area contributed by atoms with Crippen LogP contribution in [0.15, 0.2) is 36.4 Å². The Bertz CT molecular complexity index is 1070. The van der Waals surface area contributed by atoms with Gasteiger partial charge in [0.15, 0.2) is 17.6 Å². The Morgan fingerprint density at radius 3 is 2.52 bits per heavy atom. The van der Waals surface area contributed by atoms with Gasteiger partial charge in [0.2, 0.25) is 10.0 Å². The molecular weight excluding hydrogens is 420 g/mol. The Labute approximate surface area is 183 Å². The van der Waals surface area contributed by atoms with Crippen LogP contribution in [0.2, 0.25) is 0 Å². The molecule has 1 amide bonds. The standard InChI is InChI=1S/C22H28N2O6S/c1-6-16(15-8-10-19(28-3)20(12-15)29-4)23-22(25)21-13-24(31(5,26)27)17-11-14(2)7-9-18(17)30-21/h7-12,16,21H,6,13H2,1-5H3,(H,23,25)/t16-,21+/m1/s1. The molecule has 1 aliphatic heterocycles. The molecule has 8 nitrogen and oxygen atoms in total. The van der Waals surface area contributed by atoms with Crippen LogP contribution in [-0.2, 0) is 14.8 Å². The number of hydrogen-bond acceptors (Lipinski definition) is 6. The highest BCUT2D eigenvalue weighted by Gasteiger charge is 2.35. The van der Waals surface area contributed by atoms with E-state index in [1.54, 1.807) is 32.4 Å². The van der Waals surface area contributed by atoms with Gasteiger partial charge in [-0.1, -0.05) is 19.1 Å². The van der Waals surface area contributed by atoms with Gasteiger partial charge in [0.25, 0.3) is 5.91 Å². The molecule has 1 aliphatic rings. The number of ether oxygens (including phenoxy) is 3. The Morgan fingerprint density at radius 1 is 1.19 bits per heavy atom. The first-order valence-electron chi connectivity index (χ1n) is 9.95. The highest BCUT2D eigenvalue weighted by Crippen LogP contribution is 2.36. The Hall–Kier alpha value is -2.94. The predicted molar refractivity (Wildman–Crippen MR) is 119 cm³/mol. The molecule has 1 N–H and O–H groups in total. The number of amides is 1. The van der Waals surface area contributed by atoms with Gasteiger partial charge >= 0.3 is 0 Å². The lowest BCUT2D eigenvalue weighted by molar-refractivity contribution is -0.128. The van der Waals surface area contributed by atoms with Crippen LogP contribution in [0, 0.1) is 6.92 Å². The zero-order chi connectivity index (χ0) is 22.8. The number of carbonyl (C=O) groups excluding carboxylic acids is 1. The highest BCUT2D eigenvalue weighted by atomic mass is 32.2. The molecule has 0 aromatic heterocycles. The first kappa shape index (κ1) is 22.7. The van der Waals surface area contributed by atoms with Gasteiger partial charge in [0, 0.05) is 0 Å². The van der Waals surface area contributed by atoms with Gasteiger partial charge in [-0.3, -0.25) is 9.10 Å². The lowest BCUT2D eigenvalue weighted by Crippen LogP contribution is -2.51. The first-order valence-corrected chi connectivity index (χ1v) is 11.8. The maximum atomic E-state index is 13.1. The van der Waals surface area contributed by atoms with Gasteiger partial charge in [-0.2, -0.15) is 0 Å². The molecule has 0 saturated carbocycles. The maximum Gasteiger partial charge on any atom is 0.263 e. The zero-order valence-electron chi connectivity index (χ0n) is 18.3. The Kier molecular flexibility index (Phi) is 6.64. The van der Waals surface area contributed by atoms with Crippen LogP contribution < -0.4 is 23.8 Å². The lowest BCUT2D eigenvalue weighted by atomic mass is 10.0. The SMILES string of the molecule is CC[C@@H](NC(=O)[C@@H]1CN(S(C)(=O)=O)c2cc(C)ccc2O1)c1ccc(OC)c(OC)c1. The fourth-order valence-electron chi connectivity index (χ4n) is 3.57. The molecule has 0 spiro atoms. The van der Waals surface area contributed by atoms with Crippen molar-refractivity contribution in [1.29, 1.82) is 0 Å². The summed E-state index contributed by atoms with van der Waals surface area (Å²) in [5.74, 6) is 1.14. The van der Waals surface area contributed by atoms with Gasteiger partial charge in [0.05, 0.1) is 38.7 Å². The molecule has 1 heterocycles. The van der Waals surface area contributed by atoms with E-state index in [1.165, 1.54) is 4.31 Å². The molecular formula is C22H28N2O6S. The van der Waals surface area contributed by atoms with Crippen molar-refractivity contribution < 1.29 is 27.4 Å². The van der Waals surface area contributed by atoms with E-state index >= 15 is 0 Å². The fourth-order valence-corrected chi connectivity index (χ4v) is 4.47. The molecule has 0 saturated heterocycles. The van der Waals surface area contributed by atoms with E-state index in [0.29, 0.717) is 29.4 Å². The summed E-state index contributed by atoms with van der Waals surface area (Å²) in [7, 11) is -0.472. The molecule has 0 fully saturated rings. The number of anilines is 1. The van der Waals surface area contributed by atoms with E-state index in [9.17, 15) is 13.2 Å². The van der Waals surface area contributed by atoms with E-state index in [1.807, 2.05) is 32.0 Å². The smallest absolute Gasteiger partial charge is 0.263 e. The average molecular weight is 449 g/mol. The maximum absolute atomic E-state index is 13.1. The molecule has 0 bridgehead atoms. The molecule has 0 unspecified atom stereocenters. The zero-order valence-corrected chi connectivity index (χ0v) is 19.2. The van der Waals surface area contributed by atoms with Crippen molar-refractivity contribution in [2.24, 2.45) is 0 Å². The average Bonchev–Trinajstić information content (AvgIpc) is 2.75. The quantitative estimate of drug-likeness (QED) is 0.700. The molecule has 2 aromatic rings. The van der Waals surface area contributed by atoms with Crippen LogP contribution in [0.4, 0.5) is 5.69 Å². The van der Waals surface area contributed by atoms with Crippen molar-refractivity contribution in [3.8, 4) is 17.2 Å². The summed E-state index contributed by atoms with van der Waals surface area (Å²) >= 11 is 0. The third kappa shape index (κ3) is 4.87. The molecule has 168 valence electrons. The minimum Gasteiger partial charge on any atom is -0.493 e. The second-order valence-corrected chi connectivity index (χ2v) is 9.36. The summed E-state index contributed by atoms with van der Waals surface area (Å²) in [5.41, 5.74) is 2.19. The molecule has 0 aliphatic carbocycles. The largest absolute Gasteiger partial charge is 0.493 e. The van der Waals surface area contributed by atoms with Crippen molar-refractivity contribution >= 4 is 21.6 Å². The number of hydrogen-bond donors (Lipinski definition) is 1. The van der Waals surface area contributed by atoms with Crippen LogP contribution in [0.5, 0.6) is 17.2 Å². The number of methoxy groups -OCH3 is 2. The van der Waals surface area contributed by atoms with Crippen LogP contribution in [0.1, 0.15) is 30.5 Å². The first-order chi connectivity index (χ1) is 14.7. The van der Waals surface area contributed by atoms with Crippen molar-refractivity contribution in [2.45, 2.75) is 32.4 Å². The number of rotatable bonds is 7. The summed E-state index contributed by atoms with van der Waals surface area (Å²) < 4.78 is 42.5. The molecule has 0 radical (unpaired) electrons. The Balaban J connectivity index is 1.84. The van der Waals surface area contributed by atoms with Crippen molar-refractivity contribution in [2.75, 3.05) is 31.3 Å². The summed E-state index contributed by atoms with van der Waals surface area (Å²) in [4.78, 5) is 13.1. The molecule has 9 heteroatoms. The lowest BCUT2D eigenvalue weighted by Gasteiger charge is -2.34. The van der Waals surface area contributed by atoms with E-state index in [2.05, 4.69) is 5.32 Å². The number of carbonyl (C=O) groups is 1. The summed E-state index contributed by atoms with van der Waals surface area (Å²) in [6.45, 7) is 3.72. The normalized spacial score (nSPS) is 16.7. The van der Waals surface area contributed by atoms with Crippen molar-refractivity contribution in [3.05, 3.63) is 47.5 Å². The predicted octanol–water partition coefficient (Wildman–Crippen LogP) is 2.81. The summed E-state index contributed by atoms with van der Waals surface area (Å²) in [6.07, 6.45) is 0.774. The molecule has 3 rings (SSSR count). The second kappa shape index (κ2) is 9.05. The molecule has 2 atom stereocenters. The monoisotopic (exact) mass is 448 g/mol. The minimum atomic E-state index is -3.58. The highest BCUT2D eigenvalue weighted by molar-refractivity contribution is 7.92. The van der Waals surface area contributed by atoms with Crippen LogP contribution in [0.3, 0.4) is 0 Å². The molecule has 2 aromatic carbocycles. The third-order valence-electron chi connectivity index (χ3n) is 5.21. The van der Waals surface area contributed by atoms with Crippen LogP contribution in [-0.4, -0.2) is 47.4 Å². The molecule has 31 heavy (non-hydrogen) atoms. The fraction of sp³-hybridized carbons (Fsp3) is 0.409. The van der Waals surface area contributed by atoms with E-state index < -0.39 is 16.1 Å². The van der Waals surface area contributed by atoms with Gasteiger partial charge < -0.3 is 19.5 Å². The summed E-state index contributed by atoms with van der Waals surface area (Å²) in [6, 6.07) is 10.4. The van der Waals surface area contributed by atoms with Crippen molar-refractivity contribution in [3.63, 3.8) is 0 Å². The van der Waals surface area contributed by atoms with Crippen LogP contribution >= 0.6 is 0 Å². The number of nitrogens with one attached hydrogen (secondary N) is 1. The number of sulfonamides is 1. The summed E-state index contributed by atoms with van der Waals surface area (Å²) in [5, 5.41) is 2.97.